The van der Waals surface area contributed by atoms with Crippen molar-refractivity contribution < 1.29 is 9.53 Å². The molecule has 1 aromatic carbocycles. The Morgan fingerprint density at radius 1 is 1.44 bits per heavy atom. The highest BCUT2D eigenvalue weighted by molar-refractivity contribution is 5.81. The molecule has 1 aliphatic heterocycles. The van der Waals surface area contributed by atoms with Gasteiger partial charge in [0, 0.05) is 26.7 Å². The number of nitrogens with zero attached hydrogens (tertiary/aromatic N) is 4. The van der Waals surface area contributed by atoms with Crippen molar-refractivity contribution in [1.82, 2.24) is 25.0 Å². The maximum absolute atomic E-state index is 12.8. The van der Waals surface area contributed by atoms with Gasteiger partial charge >= 0.3 is 0 Å². The van der Waals surface area contributed by atoms with Crippen molar-refractivity contribution in [2.45, 2.75) is 32.5 Å². The molecular weight excluding hydrogens is 318 g/mol. The fourth-order valence-corrected chi connectivity index (χ4v) is 3.09. The SMILES string of the molecule is Cc1nc([C@@H]2CN([C@H](C)C(=O)N(C)Cc3ccccc3)CCO2)n[nH]1. The van der Waals surface area contributed by atoms with Gasteiger partial charge in [0.1, 0.15) is 11.9 Å². The van der Waals surface area contributed by atoms with Crippen LogP contribution in [0, 0.1) is 6.92 Å². The second-order valence-electron chi connectivity index (χ2n) is 6.49. The van der Waals surface area contributed by atoms with Crippen LogP contribution in [0.5, 0.6) is 0 Å². The minimum atomic E-state index is -0.208. The molecule has 1 aromatic heterocycles. The number of rotatable bonds is 5. The Balaban J connectivity index is 1.61. The lowest BCUT2D eigenvalue weighted by Crippen LogP contribution is -2.50. The summed E-state index contributed by atoms with van der Waals surface area (Å²) in [6.07, 6.45) is -0.201. The Kier molecular flexibility index (Phi) is 5.45. The Labute approximate surface area is 148 Å². The first-order valence-corrected chi connectivity index (χ1v) is 8.58. The number of benzene rings is 1. The fourth-order valence-electron chi connectivity index (χ4n) is 3.09. The quantitative estimate of drug-likeness (QED) is 0.891. The van der Waals surface area contributed by atoms with Crippen molar-refractivity contribution in [3.63, 3.8) is 0 Å². The lowest BCUT2D eigenvalue weighted by Gasteiger charge is -2.36. The summed E-state index contributed by atoms with van der Waals surface area (Å²) in [6, 6.07) is 9.81. The number of hydrogen-bond acceptors (Lipinski definition) is 5. The highest BCUT2D eigenvalue weighted by Crippen LogP contribution is 2.21. The zero-order chi connectivity index (χ0) is 17.8. The van der Waals surface area contributed by atoms with E-state index in [0.29, 0.717) is 25.5 Å². The highest BCUT2D eigenvalue weighted by atomic mass is 16.5. The van der Waals surface area contributed by atoms with E-state index in [4.69, 9.17) is 4.74 Å². The summed E-state index contributed by atoms with van der Waals surface area (Å²) in [4.78, 5) is 21.1. The molecular formula is C18H25N5O2. The number of aryl methyl sites for hydroxylation is 1. The van der Waals surface area contributed by atoms with E-state index < -0.39 is 0 Å². The summed E-state index contributed by atoms with van der Waals surface area (Å²) in [5.41, 5.74) is 1.13. The first-order chi connectivity index (χ1) is 12.0. The van der Waals surface area contributed by atoms with E-state index in [9.17, 15) is 4.79 Å². The predicted molar refractivity (Wildman–Crippen MR) is 93.8 cm³/mol. The van der Waals surface area contributed by atoms with Crippen LogP contribution in [-0.4, -0.2) is 63.7 Å². The number of nitrogens with one attached hydrogen (secondary N) is 1. The second kappa shape index (κ2) is 7.76. The molecule has 1 aliphatic rings. The second-order valence-corrected chi connectivity index (χ2v) is 6.49. The molecule has 0 radical (unpaired) electrons. The van der Waals surface area contributed by atoms with Crippen LogP contribution in [0.3, 0.4) is 0 Å². The molecule has 1 saturated heterocycles. The van der Waals surface area contributed by atoms with E-state index in [-0.39, 0.29) is 18.1 Å². The third-order valence-corrected chi connectivity index (χ3v) is 4.54. The van der Waals surface area contributed by atoms with Crippen LogP contribution in [0.2, 0.25) is 0 Å². The van der Waals surface area contributed by atoms with Gasteiger partial charge in [0.25, 0.3) is 0 Å². The van der Waals surface area contributed by atoms with Crippen molar-refractivity contribution in [3.8, 4) is 0 Å². The van der Waals surface area contributed by atoms with Gasteiger partial charge in [-0.1, -0.05) is 30.3 Å². The Bertz CT molecular complexity index is 703. The number of aromatic amines is 1. The Morgan fingerprint density at radius 2 is 2.20 bits per heavy atom. The molecule has 0 unspecified atom stereocenters. The number of aromatic nitrogens is 3. The van der Waals surface area contributed by atoms with Gasteiger partial charge in [0.2, 0.25) is 5.91 Å². The molecule has 2 aromatic rings. The van der Waals surface area contributed by atoms with Crippen molar-refractivity contribution in [3.05, 3.63) is 47.5 Å². The van der Waals surface area contributed by atoms with Crippen LogP contribution in [0.1, 0.15) is 30.2 Å². The molecule has 0 saturated carbocycles. The first kappa shape index (κ1) is 17.6. The van der Waals surface area contributed by atoms with E-state index in [1.807, 2.05) is 51.2 Å². The van der Waals surface area contributed by atoms with Gasteiger partial charge < -0.3 is 9.64 Å². The number of hydrogen-bond donors (Lipinski definition) is 1. The molecule has 1 fully saturated rings. The topological polar surface area (TPSA) is 74.3 Å². The van der Waals surface area contributed by atoms with Crippen LogP contribution >= 0.6 is 0 Å². The zero-order valence-electron chi connectivity index (χ0n) is 15.0. The first-order valence-electron chi connectivity index (χ1n) is 8.58. The third-order valence-electron chi connectivity index (χ3n) is 4.54. The van der Waals surface area contributed by atoms with Crippen molar-refractivity contribution >= 4 is 5.91 Å². The number of likely N-dealkylation sites (N-methyl/N-ethyl adjacent to an activating group) is 1. The van der Waals surface area contributed by atoms with Gasteiger partial charge in [-0.15, -0.1) is 0 Å². The minimum Gasteiger partial charge on any atom is -0.367 e. The zero-order valence-corrected chi connectivity index (χ0v) is 15.0. The molecule has 0 aliphatic carbocycles. The normalized spacial score (nSPS) is 19.6. The predicted octanol–water partition coefficient (Wildman–Crippen LogP) is 1.53. The lowest BCUT2D eigenvalue weighted by molar-refractivity contribution is -0.139. The number of carbonyl (C=O) groups excluding carboxylic acids is 1. The van der Waals surface area contributed by atoms with Gasteiger partial charge in [-0.3, -0.25) is 14.8 Å². The van der Waals surface area contributed by atoms with Gasteiger partial charge in [-0.2, -0.15) is 5.10 Å². The summed E-state index contributed by atoms with van der Waals surface area (Å²) >= 11 is 0. The van der Waals surface area contributed by atoms with Gasteiger partial charge in [-0.05, 0) is 19.4 Å². The van der Waals surface area contributed by atoms with E-state index >= 15 is 0 Å². The summed E-state index contributed by atoms with van der Waals surface area (Å²) in [7, 11) is 1.85. The van der Waals surface area contributed by atoms with Crippen LogP contribution in [0.4, 0.5) is 0 Å². The van der Waals surface area contributed by atoms with Crippen LogP contribution in [-0.2, 0) is 16.1 Å². The van der Waals surface area contributed by atoms with E-state index in [1.54, 1.807) is 4.90 Å². The minimum absolute atomic E-state index is 0.107. The van der Waals surface area contributed by atoms with E-state index in [2.05, 4.69) is 20.1 Å². The number of amides is 1. The van der Waals surface area contributed by atoms with Gasteiger partial charge in [-0.25, -0.2) is 4.98 Å². The third kappa shape index (κ3) is 4.24. The average molecular weight is 343 g/mol. The van der Waals surface area contributed by atoms with Crippen LogP contribution in [0.15, 0.2) is 30.3 Å². The number of ether oxygens (including phenoxy) is 1. The molecule has 7 heteroatoms. The molecule has 0 spiro atoms. The van der Waals surface area contributed by atoms with Crippen molar-refractivity contribution in [2.75, 3.05) is 26.7 Å². The monoisotopic (exact) mass is 343 g/mol. The molecule has 134 valence electrons. The van der Waals surface area contributed by atoms with E-state index in [0.717, 1.165) is 17.9 Å². The maximum Gasteiger partial charge on any atom is 0.239 e. The lowest BCUT2D eigenvalue weighted by atomic mass is 10.1. The number of H-pyrrole nitrogens is 1. The maximum atomic E-state index is 12.8. The number of carbonyl (C=O) groups is 1. The largest absolute Gasteiger partial charge is 0.367 e. The molecule has 25 heavy (non-hydrogen) atoms. The van der Waals surface area contributed by atoms with Gasteiger partial charge in [0.15, 0.2) is 5.82 Å². The Hall–Kier alpha value is -2.25. The standard InChI is InChI=1S/C18H25N5O2/c1-13(18(24)22(3)11-15-7-5-4-6-8-15)23-9-10-25-16(12-23)17-19-14(2)20-21-17/h4-8,13,16H,9-12H2,1-3H3,(H,19,20,21)/t13-,16+/m1/s1. The molecule has 3 rings (SSSR count). The van der Waals surface area contributed by atoms with Gasteiger partial charge in [0.05, 0.1) is 12.6 Å². The molecule has 2 heterocycles. The van der Waals surface area contributed by atoms with Crippen molar-refractivity contribution in [2.24, 2.45) is 0 Å². The summed E-state index contributed by atoms with van der Waals surface area (Å²) in [5, 5.41) is 7.03. The summed E-state index contributed by atoms with van der Waals surface area (Å²) < 4.78 is 5.78. The van der Waals surface area contributed by atoms with Crippen LogP contribution in [0.25, 0.3) is 0 Å². The molecule has 7 nitrogen and oxygen atoms in total. The van der Waals surface area contributed by atoms with Crippen molar-refractivity contribution in [1.29, 1.82) is 0 Å². The smallest absolute Gasteiger partial charge is 0.239 e. The molecule has 0 bridgehead atoms. The number of morpholine rings is 1. The van der Waals surface area contributed by atoms with Crippen LogP contribution < -0.4 is 0 Å². The average Bonchev–Trinajstić information content (AvgIpc) is 3.08. The molecule has 1 amide bonds. The fraction of sp³-hybridized carbons (Fsp3) is 0.500. The Morgan fingerprint density at radius 3 is 2.88 bits per heavy atom. The summed E-state index contributed by atoms with van der Waals surface area (Å²) in [6.45, 7) is 6.34. The molecule has 2 atom stereocenters. The highest BCUT2D eigenvalue weighted by Gasteiger charge is 2.31. The molecule has 1 N–H and O–H groups in total. The van der Waals surface area contributed by atoms with E-state index in [1.165, 1.54) is 0 Å². The summed E-state index contributed by atoms with van der Waals surface area (Å²) in [5.74, 6) is 1.53.